The molecule has 4 rings (SSSR count). The SMILES string of the molecule is CCCn1c(SCc2nc3ccccc3c(=O)[nH]2)nnc1-c1ccncc1. The van der Waals surface area contributed by atoms with Gasteiger partial charge in [0.1, 0.15) is 5.82 Å². The van der Waals surface area contributed by atoms with Gasteiger partial charge in [-0.15, -0.1) is 10.2 Å². The molecule has 8 heteroatoms. The number of nitrogens with zero attached hydrogens (tertiary/aromatic N) is 5. The first-order chi connectivity index (χ1) is 13.3. The van der Waals surface area contributed by atoms with Crippen molar-refractivity contribution in [1.82, 2.24) is 29.7 Å². The highest BCUT2D eigenvalue weighted by molar-refractivity contribution is 7.98. The molecular weight excluding hydrogens is 360 g/mol. The number of H-pyrrole nitrogens is 1. The minimum Gasteiger partial charge on any atom is -0.309 e. The van der Waals surface area contributed by atoms with Crippen LogP contribution in [-0.2, 0) is 12.3 Å². The van der Waals surface area contributed by atoms with E-state index in [9.17, 15) is 4.79 Å². The molecule has 7 nitrogen and oxygen atoms in total. The fraction of sp³-hybridized carbons (Fsp3) is 0.211. The molecule has 0 fully saturated rings. The number of aromatic nitrogens is 6. The van der Waals surface area contributed by atoms with Gasteiger partial charge < -0.3 is 9.55 Å². The van der Waals surface area contributed by atoms with E-state index in [4.69, 9.17) is 0 Å². The van der Waals surface area contributed by atoms with Gasteiger partial charge >= 0.3 is 0 Å². The highest BCUT2D eigenvalue weighted by Gasteiger charge is 2.14. The van der Waals surface area contributed by atoms with Crippen LogP contribution in [0.1, 0.15) is 19.2 Å². The summed E-state index contributed by atoms with van der Waals surface area (Å²) in [4.78, 5) is 23.7. The van der Waals surface area contributed by atoms with Crippen molar-refractivity contribution in [2.75, 3.05) is 0 Å². The maximum atomic E-state index is 12.2. The van der Waals surface area contributed by atoms with Crippen LogP contribution >= 0.6 is 11.8 Å². The molecule has 0 aliphatic carbocycles. The quantitative estimate of drug-likeness (QED) is 0.518. The standard InChI is InChI=1S/C19H18N6OS/c1-2-11-25-17(13-7-9-20-10-8-13)23-24-19(25)27-12-16-21-15-6-4-3-5-14(15)18(26)22-16/h3-10H,2,11-12H2,1H3,(H,21,22,26). The lowest BCUT2D eigenvalue weighted by Gasteiger charge is -2.08. The first kappa shape index (κ1) is 17.4. The summed E-state index contributed by atoms with van der Waals surface area (Å²) in [5, 5.41) is 10.1. The number of benzene rings is 1. The highest BCUT2D eigenvalue weighted by atomic mass is 32.2. The number of thioether (sulfide) groups is 1. The zero-order valence-corrected chi connectivity index (χ0v) is 15.6. The van der Waals surface area contributed by atoms with Gasteiger partial charge in [0.25, 0.3) is 5.56 Å². The Bertz CT molecular complexity index is 1120. The molecule has 0 spiro atoms. The molecule has 1 aromatic carbocycles. The summed E-state index contributed by atoms with van der Waals surface area (Å²) in [5.41, 5.74) is 1.56. The second-order valence-corrected chi connectivity index (χ2v) is 6.95. The van der Waals surface area contributed by atoms with Crippen molar-refractivity contribution < 1.29 is 0 Å². The molecular formula is C19H18N6OS. The van der Waals surface area contributed by atoms with E-state index < -0.39 is 0 Å². The summed E-state index contributed by atoms with van der Waals surface area (Å²) < 4.78 is 2.10. The number of hydrogen-bond acceptors (Lipinski definition) is 6. The van der Waals surface area contributed by atoms with Gasteiger partial charge in [0.2, 0.25) is 0 Å². The lowest BCUT2D eigenvalue weighted by Crippen LogP contribution is -2.11. The summed E-state index contributed by atoms with van der Waals surface area (Å²) in [6.45, 7) is 2.93. The maximum absolute atomic E-state index is 12.2. The third-order valence-corrected chi connectivity index (χ3v) is 5.08. The first-order valence-corrected chi connectivity index (χ1v) is 9.69. The lowest BCUT2D eigenvalue weighted by atomic mass is 10.2. The molecule has 0 aliphatic heterocycles. The van der Waals surface area contributed by atoms with E-state index in [0.29, 0.717) is 22.5 Å². The van der Waals surface area contributed by atoms with Crippen LogP contribution in [-0.4, -0.2) is 29.7 Å². The van der Waals surface area contributed by atoms with Gasteiger partial charge in [-0.3, -0.25) is 9.78 Å². The van der Waals surface area contributed by atoms with Crippen molar-refractivity contribution in [2.45, 2.75) is 30.8 Å². The van der Waals surface area contributed by atoms with Crippen molar-refractivity contribution in [1.29, 1.82) is 0 Å². The van der Waals surface area contributed by atoms with Gasteiger partial charge in [-0.05, 0) is 30.7 Å². The van der Waals surface area contributed by atoms with Gasteiger partial charge in [-0.25, -0.2) is 4.98 Å². The Morgan fingerprint density at radius 3 is 2.74 bits per heavy atom. The molecule has 27 heavy (non-hydrogen) atoms. The molecule has 0 unspecified atom stereocenters. The van der Waals surface area contributed by atoms with E-state index in [0.717, 1.165) is 29.5 Å². The average Bonchev–Trinajstić information content (AvgIpc) is 3.10. The molecule has 4 aromatic rings. The van der Waals surface area contributed by atoms with Crippen LogP contribution in [0.15, 0.2) is 58.7 Å². The molecule has 0 atom stereocenters. The van der Waals surface area contributed by atoms with Crippen molar-refractivity contribution in [3.8, 4) is 11.4 Å². The molecule has 0 bridgehead atoms. The Balaban J connectivity index is 1.62. The van der Waals surface area contributed by atoms with Gasteiger partial charge in [0, 0.05) is 24.5 Å². The predicted octanol–water partition coefficient (Wildman–Crippen LogP) is 3.28. The molecule has 3 aromatic heterocycles. The third-order valence-electron chi connectivity index (χ3n) is 4.10. The van der Waals surface area contributed by atoms with Crippen molar-refractivity contribution in [3.63, 3.8) is 0 Å². The van der Waals surface area contributed by atoms with E-state index in [-0.39, 0.29) is 5.56 Å². The Kier molecular flexibility index (Phi) is 4.97. The van der Waals surface area contributed by atoms with E-state index in [2.05, 4.69) is 36.6 Å². The summed E-state index contributed by atoms with van der Waals surface area (Å²) in [7, 11) is 0. The van der Waals surface area contributed by atoms with Crippen molar-refractivity contribution in [3.05, 3.63) is 65.0 Å². The predicted molar refractivity (Wildman–Crippen MR) is 105 cm³/mol. The van der Waals surface area contributed by atoms with Crippen LogP contribution in [0.3, 0.4) is 0 Å². The topological polar surface area (TPSA) is 89.4 Å². The number of nitrogens with one attached hydrogen (secondary N) is 1. The number of para-hydroxylation sites is 1. The molecule has 3 heterocycles. The molecule has 0 amide bonds. The van der Waals surface area contributed by atoms with Crippen molar-refractivity contribution in [2.24, 2.45) is 0 Å². The summed E-state index contributed by atoms with van der Waals surface area (Å²) >= 11 is 1.51. The summed E-state index contributed by atoms with van der Waals surface area (Å²) in [6, 6.07) is 11.2. The van der Waals surface area contributed by atoms with Crippen molar-refractivity contribution >= 4 is 22.7 Å². The van der Waals surface area contributed by atoms with E-state index in [1.165, 1.54) is 11.8 Å². The monoisotopic (exact) mass is 378 g/mol. The Labute approximate surface area is 159 Å². The van der Waals surface area contributed by atoms with Gasteiger partial charge in [-0.2, -0.15) is 0 Å². The minimum absolute atomic E-state index is 0.122. The van der Waals surface area contributed by atoms with Crippen LogP contribution in [0.4, 0.5) is 0 Å². The van der Waals surface area contributed by atoms with E-state index in [1.54, 1.807) is 18.5 Å². The number of aromatic amines is 1. The lowest BCUT2D eigenvalue weighted by molar-refractivity contribution is 0.626. The second kappa shape index (κ2) is 7.71. The van der Waals surface area contributed by atoms with Crippen LogP contribution in [0.5, 0.6) is 0 Å². The zero-order valence-electron chi connectivity index (χ0n) is 14.8. The summed E-state index contributed by atoms with van der Waals surface area (Å²) in [5.74, 6) is 1.96. The minimum atomic E-state index is -0.122. The fourth-order valence-electron chi connectivity index (χ4n) is 2.87. The van der Waals surface area contributed by atoms with Crippen LogP contribution in [0.2, 0.25) is 0 Å². The number of pyridine rings is 1. The van der Waals surface area contributed by atoms with Gasteiger partial charge in [0.15, 0.2) is 11.0 Å². The van der Waals surface area contributed by atoms with Crippen LogP contribution in [0.25, 0.3) is 22.3 Å². The molecule has 0 saturated carbocycles. The third kappa shape index (κ3) is 3.61. The number of fused-ring (bicyclic) bond motifs is 1. The first-order valence-electron chi connectivity index (χ1n) is 8.70. The fourth-order valence-corrected chi connectivity index (χ4v) is 3.71. The number of hydrogen-bond donors (Lipinski definition) is 1. The van der Waals surface area contributed by atoms with E-state index >= 15 is 0 Å². The Morgan fingerprint density at radius 2 is 1.93 bits per heavy atom. The zero-order chi connectivity index (χ0) is 18.6. The van der Waals surface area contributed by atoms with Gasteiger partial charge in [0.05, 0.1) is 16.7 Å². The smallest absolute Gasteiger partial charge is 0.258 e. The molecule has 1 N–H and O–H groups in total. The van der Waals surface area contributed by atoms with Gasteiger partial charge in [-0.1, -0.05) is 30.8 Å². The number of rotatable bonds is 6. The Hall–Kier alpha value is -3.00. The largest absolute Gasteiger partial charge is 0.309 e. The Morgan fingerprint density at radius 1 is 1.11 bits per heavy atom. The van der Waals surface area contributed by atoms with Crippen LogP contribution in [0, 0.1) is 0 Å². The molecule has 0 aliphatic rings. The maximum Gasteiger partial charge on any atom is 0.258 e. The highest BCUT2D eigenvalue weighted by Crippen LogP contribution is 2.25. The molecule has 0 saturated heterocycles. The summed E-state index contributed by atoms with van der Waals surface area (Å²) in [6.07, 6.45) is 4.46. The normalized spacial score (nSPS) is 11.1. The molecule has 0 radical (unpaired) electrons. The second-order valence-electron chi connectivity index (χ2n) is 6.01. The average molecular weight is 378 g/mol. The van der Waals surface area contributed by atoms with E-state index in [1.807, 2.05) is 30.3 Å². The van der Waals surface area contributed by atoms with Crippen LogP contribution < -0.4 is 5.56 Å². The molecule has 136 valence electrons.